The van der Waals surface area contributed by atoms with Crippen LogP contribution in [0.5, 0.6) is 0 Å². The second-order valence-electron chi connectivity index (χ2n) is 7.94. The van der Waals surface area contributed by atoms with E-state index in [0.29, 0.717) is 5.69 Å². The molecule has 2 atom stereocenters. The number of allylic oxidation sites excluding steroid dienone is 2. The van der Waals surface area contributed by atoms with Gasteiger partial charge >= 0.3 is 0 Å². The van der Waals surface area contributed by atoms with Crippen molar-refractivity contribution in [2.45, 2.75) is 25.7 Å². The molecule has 2 bridgehead atoms. The van der Waals surface area contributed by atoms with Crippen molar-refractivity contribution in [3.8, 4) is 11.3 Å². The van der Waals surface area contributed by atoms with Crippen LogP contribution in [0.4, 0.5) is 5.69 Å². The van der Waals surface area contributed by atoms with Gasteiger partial charge in [0, 0.05) is 18.6 Å². The summed E-state index contributed by atoms with van der Waals surface area (Å²) in [5, 5.41) is 11.3. The maximum atomic E-state index is 7.48. The van der Waals surface area contributed by atoms with Crippen molar-refractivity contribution >= 4 is 38.5 Å². The van der Waals surface area contributed by atoms with Crippen molar-refractivity contribution in [1.82, 2.24) is 24.4 Å². The van der Waals surface area contributed by atoms with Gasteiger partial charge in [0.25, 0.3) is 0 Å². The highest BCUT2D eigenvalue weighted by atomic mass is 32.1. The average molecular weight is 386 g/mol. The van der Waals surface area contributed by atoms with Crippen molar-refractivity contribution < 1.29 is 0 Å². The van der Waals surface area contributed by atoms with Crippen LogP contribution in [0, 0.1) is 18.4 Å². The molecular weight excluding hydrogens is 368 g/mol. The third kappa shape index (κ3) is 2.41. The first-order chi connectivity index (χ1) is 13.7. The number of hydrogen-bond donors (Lipinski definition) is 0. The minimum absolute atomic E-state index is 0.556. The van der Waals surface area contributed by atoms with E-state index in [-0.39, 0.29) is 0 Å². The Morgan fingerprint density at radius 3 is 2.96 bits per heavy atom. The number of hydrogen-bond acceptors (Lipinski definition) is 4. The normalized spacial score (nSPS) is 21.4. The van der Waals surface area contributed by atoms with E-state index in [9.17, 15) is 0 Å². The zero-order valence-electron chi connectivity index (χ0n) is 15.5. The van der Waals surface area contributed by atoms with Crippen LogP contribution < -0.4 is 0 Å². The molecule has 2 aliphatic carbocycles. The summed E-state index contributed by atoms with van der Waals surface area (Å²) in [5.41, 5.74) is 4.48. The predicted molar refractivity (Wildman–Crippen MR) is 110 cm³/mol. The molecule has 1 aromatic carbocycles. The first kappa shape index (κ1) is 16.0. The van der Waals surface area contributed by atoms with Crippen LogP contribution in [0.2, 0.25) is 0 Å². The summed E-state index contributed by atoms with van der Waals surface area (Å²) in [6.07, 6.45) is 11.6. The van der Waals surface area contributed by atoms with Crippen LogP contribution in [-0.4, -0.2) is 24.4 Å². The van der Waals surface area contributed by atoms with Crippen molar-refractivity contribution in [3.63, 3.8) is 0 Å². The van der Waals surface area contributed by atoms with Crippen LogP contribution in [-0.2, 0) is 7.05 Å². The molecule has 3 aromatic heterocycles. The van der Waals surface area contributed by atoms with E-state index in [0.717, 1.165) is 50.4 Å². The molecule has 138 valence electrons. The standard InChI is InChI=1S/C21H18N6S/c1-22-17-9-14(8-16-10-26(2)24-19(16)17)18-11-27-21(23-18)28-20(25-27)15-6-12-3-4-13(5-12)7-15/h6,8-13H,3-5,7H2,2H3. The first-order valence-electron chi connectivity index (χ1n) is 9.59. The Bertz CT molecular complexity index is 1280. The minimum atomic E-state index is 0.556. The van der Waals surface area contributed by atoms with Gasteiger partial charge in [-0.25, -0.2) is 14.3 Å². The lowest BCUT2D eigenvalue weighted by Gasteiger charge is -2.17. The first-order valence-corrected chi connectivity index (χ1v) is 10.4. The molecule has 6 rings (SSSR count). The lowest BCUT2D eigenvalue weighted by Crippen LogP contribution is -2.04. The fourth-order valence-electron chi connectivity index (χ4n) is 4.71. The lowest BCUT2D eigenvalue weighted by molar-refractivity contribution is 0.528. The summed E-state index contributed by atoms with van der Waals surface area (Å²) in [5.74, 6) is 1.59. The van der Waals surface area contributed by atoms with E-state index in [1.807, 2.05) is 36.1 Å². The Labute approximate surface area is 165 Å². The predicted octanol–water partition coefficient (Wildman–Crippen LogP) is 5.10. The van der Waals surface area contributed by atoms with Crippen LogP contribution in [0.1, 0.15) is 30.7 Å². The molecule has 3 heterocycles. The quantitative estimate of drug-likeness (QED) is 0.451. The van der Waals surface area contributed by atoms with Gasteiger partial charge in [-0.2, -0.15) is 10.2 Å². The van der Waals surface area contributed by atoms with Gasteiger partial charge in [-0.05, 0) is 60.8 Å². The molecule has 2 unspecified atom stereocenters. The lowest BCUT2D eigenvalue weighted by atomic mass is 9.90. The number of nitrogens with zero attached hydrogens (tertiary/aromatic N) is 6. The summed E-state index contributed by atoms with van der Waals surface area (Å²) in [4.78, 5) is 9.36. The smallest absolute Gasteiger partial charge is 0.215 e. The van der Waals surface area contributed by atoms with Crippen LogP contribution in [0.3, 0.4) is 0 Å². The summed E-state index contributed by atoms with van der Waals surface area (Å²) < 4.78 is 3.63. The van der Waals surface area contributed by atoms with E-state index in [2.05, 4.69) is 16.0 Å². The Balaban J connectivity index is 1.41. The molecule has 1 saturated carbocycles. The molecule has 0 amide bonds. The fourth-order valence-corrected chi connectivity index (χ4v) is 5.63. The molecule has 4 aromatic rings. The molecule has 0 spiro atoms. The topological polar surface area (TPSA) is 52.4 Å². The van der Waals surface area contributed by atoms with Crippen molar-refractivity contribution in [2.24, 2.45) is 18.9 Å². The summed E-state index contributed by atoms with van der Waals surface area (Å²) >= 11 is 1.66. The monoisotopic (exact) mass is 386 g/mol. The SMILES string of the molecule is [C-]#[N+]c1cc(-c2cn3nc(C4=CC5CCC(C4)C5)sc3n2)cc2cn(C)nc12. The maximum absolute atomic E-state index is 7.48. The van der Waals surface area contributed by atoms with Gasteiger partial charge in [-0.3, -0.25) is 4.68 Å². The van der Waals surface area contributed by atoms with Gasteiger partial charge in [0.15, 0.2) is 0 Å². The van der Waals surface area contributed by atoms with Crippen LogP contribution >= 0.6 is 11.3 Å². The number of aromatic nitrogens is 5. The largest absolute Gasteiger partial charge is 0.276 e. The zero-order chi connectivity index (χ0) is 18.8. The van der Waals surface area contributed by atoms with E-state index in [1.54, 1.807) is 16.0 Å². The molecular formula is C21H18N6S. The zero-order valence-corrected chi connectivity index (χ0v) is 16.3. The number of imidazole rings is 1. The molecule has 0 saturated heterocycles. The second-order valence-corrected chi connectivity index (χ2v) is 8.90. The molecule has 0 N–H and O–H groups in total. The maximum Gasteiger partial charge on any atom is 0.215 e. The highest BCUT2D eigenvalue weighted by molar-refractivity contribution is 7.17. The van der Waals surface area contributed by atoms with Gasteiger partial charge in [-0.15, -0.1) is 0 Å². The highest BCUT2D eigenvalue weighted by Gasteiger charge is 2.30. The van der Waals surface area contributed by atoms with E-state index in [4.69, 9.17) is 16.7 Å². The Morgan fingerprint density at radius 2 is 2.14 bits per heavy atom. The molecule has 1 fully saturated rings. The van der Waals surface area contributed by atoms with E-state index in [1.165, 1.54) is 24.8 Å². The molecule has 7 heteroatoms. The van der Waals surface area contributed by atoms with Crippen molar-refractivity contribution in [3.05, 3.63) is 47.0 Å². The minimum Gasteiger partial charge on any atom is -0.276 e. The molecule has 6 nitrogen and oxygen atoms in total. The number of benzene rings is 1. The second kappa shape index (κ2) is 5.76. The number of rotatable bonds is 2. The number of fused-ring (bicyclic) bond motifs is 4. The van der Waals surface area contributed by atoms with Gasteiger partial charge in [0.2, 0.25) is 10.6 Å². The van der Waals surface area contributed by atoms with Gasteiger partial charge in [0.1, 0.15) is 5.01 Å². The third-order valence-electron chi connectivity index (χ3n) is 5.96. The summed E-state index contributed by atoms with van der Waals surface area (Å²) in [7, 11) is 1.87. The highest BCUT2D eigenvalue weighted by Crippen LogP contribution is 2.44. The Kier molecular flexibility index (Phi) is 3.29. The third-order valence-corrected chi connectivity index (χ3v) is 6.96. The fraction of sp³-hybridized carbons (Fsp3) is 0.333. The van der Waals surface area contributed by atoms with Crippen LogP contribution in [0.25, 0.3) is 37.5 Å². The van der Waals surface area contributed by atoms with Crippen LogP contribution in [0.15, 0.2) is 30.6 Å². The van der Waals surface area contributed by atoms with E-state index < -0.39 is 0 Å². The molecule has 2 aliphatic rings. The van der Waals surface area contributed by atoms with Gasteiger partial charge in [0.05, 0.1) is 24.0 Å². The number of aryl methyl sites for hydroxylation is 1. The molecule has 0 radical (unpaired) electrons. The summed E-state index contributed by atoms with van der Waals surface area (Å²) in [6, 6.07) is 3.92. The molecule has 28 heavy (non-hydrogen) atoms. The van der Waals surface area contributed by atoms with Crippen molar-refractivity contribution in [1.29, 1.82) is 0 Å². The van der Waals surface area contributed by atoms with Gasteiger partial charge in [-0.1, -0.05) is 17.4 Å². The average Bonchev–Trinajstić information content (AvgIpc) is 3.42. The Hall–Kier alpha value is -2.98. The molecule has 0 aliphatic heterocycles. The van der Waals surface area contributed by atoms with Crippen molar-refractivity contribution in [2.75, 3.05) is 0 Å². The Morgan fingerprint density at radius 1 is 1.21 bits per heavy atom. The summed E-state index contributed by atoms with van der Waals surface area (Å²) in [6.45, 7) is 7.48. The van der Waals surface area contributed by atoms with Gasteiger partial charge < -0.3 is 0 Å². The van der Waals surface area contributed by atoms with E-state index >= 15 is 0 Å².